The first-order valence-corrected chi connectivity index (χ1v) is 10.8. The minimum Gasteiger partial charge on any atom is -0.488 e. The maximum atomic E-state index is 14.3. The third-order valence-electron chi connectivity index (χ3n) is 5.49. The Morgan fingerprint density at radius 3 is 2.55 bits per heavy atom. The molecule has 0 spiro atoms. The molecule has 0 amide bonds. The quantitative estimate of drug-likeness (QED) is 0.284. The Hall–Kier alpha value is -1.98. The van der Waals surface area contributed by atoms with Crippen LogP contribution in [0.2, 0.25) is 0 Å². The van der Waals surface area contributed by atoms with E-state index < -0.39 is 17.7 Å². The molecule has 2 atom stereocenters. The van der Waals surface area contributed by atoms with Gasteiger partial charge >= 0.3 is 0 Å². The van der Waals surface area contributed by atoms with E-state index in [1.807, 2.05) is 25.1 Å². The smallest absolute Gasteiger partial charge is 0.191 e. The minimum absolute atomic E-state index is 0. The topological polar surface area (TPSA) is 58.1 Å². The normalized spacial score (nSPS) is 16.9. The van der Waals surface area contributed by atoms with Crippen molar-refractivity contribution < 1.29 is 18.3 Å². The number of nitrogens with zero attached hydrogens (tertiary/aromatic N) is 2. The third kappa shape index (κ3) is 7.51. The van der Waals surface area contributed by atoms with Crippen LogP contribution in [0.1, 0.15) is 29.2 Å². The Bertz CT molecular complexity index is 916. The van der Waals surface area contributed by atoms with E-state index in [1.165, 1.54) is 18.2 Å². The fourth-order valence-electron chi connectivity index (χ4n) is 3.67. The second-order valence-corrected chi connectivity index (χ2v) is 8.14. The van der Waals surface area contributed by atoms with Crippen LogP contribution < -0.4 is 15.4 Å². The van der Waals surface area contributed by atoms with Crippen LogP contribution in [0.3, 0.4) is 0 Å². The lowest BCUT2D eigenvalue weighted by Crippen LogP contribution is -2.42. The van der Waals surface area contributed by atoms with Crippen molar-refractivity contribution in [3.63, 3.8) is 0 Å². The lowest BCUT2D eigenvalue weighted by Gasteiger charge is -2.26. The van der Waals surface area contributed by atoms with Gasteiger partial charge in [0.2, 0.25) is 0 Å². The largest absolute Gasteiger partial charge is 0.488 e. The summed E-state index contributed by atoms with van der Waals surface area (Å²) in [5.41, 5.74) is 2.15. The van der Waals surface area contributed by atoms with Crippen LogP contribution in [-0.2, 0) is 11.3 Å². The highest BCUT2D eigenvalue weighted by atomic mass is 127. The van der Waals surface area contributed by atoms with Gasteiger partial charge in [0.25, 0.3) is 0 Å². The molecule has 1 aliphatic heterocycles. The molecule has 2 aromatic carbocycles. The number of likely N-dealkylation sites (N-methyl/N-ethyl adjacent to an activating group) is 1. The number of guanidine groups is 1. The van der Waals surface area contributed by atoms with E-state index in [-0.39, 0.29) is 42.2 Å². The number of hydrogen-bond donors (Lipinski definition) is 2. The van der Waals surface area contributed by atoms with Gasteiger partial charge in [-0.1, -0.05) is 18.2 Å². The van der Waals surface area contributed by atoms with Crippen LogP contribution in [0.25, 0.3) is 0 Å². The molecule has 1 heterocycles. The fraction of sp³-hybridized carbons (Fsp3) is 0.458. The van der Waals surface area contributed by atoms with Gasteiger partial charge in [-0.15, -0.1) is 24.0 Å². The van der Waals surface area contributed by atoms with Crippen LogP contribution in [-0.4, -0.2) is 57.9 Å². The monoisotopic (exact) mass is 574 g/mol. The van der Waals surface area contributed by atoms with Crippen molar-refractivity contribution in [3.05, 3.63) is 64.7 Å². The number of aryl methyl sites for hydroxylation is 1. The Balaban J connectivity index is 0.00000385. The number of hydrogen-bond acceptors (Lipinski definition) is 4. The fourth-order valence-corrected chi connectivity index (χ4v) is 3.67. The average molecular weight is 574 g/mol. The number of benzene rings is 2. The van der Waals surface area contributed by atoms with Crippen LogP contribution in [0, 0.1) is 18.6 Å². The summed E-state index contributed by atoms with van der Waals surface area (Å²) in [5.74, 6) is 0.226. The van der Waals surface area contributed by atoms with Crippen molar-refractivity contribution in [3.8, 4) is 5.75 Å². The summed E-state index contributed by atoms with van der Waals surface area (Å²) in [6.07, 6.45) is 0.937. The van der Waals surface area contributed by atoms with Crippen LogP contribution in [0.5, 0.6) is 5.75 Å². The number of aliphatic imine (C=N–C) groups is 1. The highest BCUT2D eigenvalue weighted by Gasteiger charge is 2.23. The lowest BCUT2D eigenvalue weighted by molar-refractivity contribution is 0.140. The molecule has 2 N–H and O–H groups in total. The first-order chi connectivity index (χ1) is 15.4. The first-order valence-electron chi connectivity index (χ1n) is 10.8. The maximum absolute atomic E-state index is 14.3. The molecule has 0 bridgehead atoms. The van der Waals surface area contributed by atoms with Crippen LogP contribution in [0.4, 0.5) is 8.78 Å². The molecule has 6 nitrogen and oxygen atoms in total. The molecule has 0 aromatic heterocycles. The standard InChI is InChI=1S/C24H32F2N4O2.HI/c1-16-8-9-17(22(12-16)32-18-10-11-31-15-18)13-28-24(27-2)29-14-21(30(3)4)23-19(25)6-5-7-20(23)26;/h5-9,12,18,21H,10-11,13-15H2,1-4H3,(H2,27,28,29);1H. The van der Waals surface area contributed by atoms with E-state index >= 15 is 0 Å². The molecule has 1 aliphatic rings. The summed E-state index contributed by atoms with van der Waals surface area (Å²) in [6, 6.07) is 9.50. The van der Waals surface area contributed by atoms with Crippen LogP contribution >= 0.6 is 24.0 Å². The summed E-state index contributed by atoms with van der Waals surface area (Å²) in [6.45, 7) is 4.11. The van der Waals surface area contributed by atoms with Gasteiger partial charge in [0.1, 0.15) is 23.5 Å². The highest BCUT2D eigenvalue weighted by molar-refractivity contribution is 14.0. The molecule has 182 valence electrons. The van der Waals surface area contributed by atoms with Gasteiger partial charge in [-0.25, -0.2) is 8.78 Å². The Morgan fingerprint density at radius 1 is 1.21 bits per heavy atom. The molecule has 2 aromatic rings. The van der Waals surface area contributed by atoms with Gasteiger partial charge in [0.15, 0.2) is 5.96 Å². The predicted octanol–water partition coefficient (Wildman–Crippen LogP) is 4.03. The second-order valence-electron chi connectivity index (χ2n) is 8.14. The molecule has 0 aliphatic carbocycles. The van der Waals surface area contributed by atoms with Crippen molar-refractivity contribution in [2.24, 2.45) is 4.99 Å². The molecule has 2 unspecified atom stereocenters. The summed E-state index contributed by atoms with van der Waals surface area (Å²) in [7, 11) is 5.24. The van der Waals surface area contributed by atoms with Crippen molar-refractivity contribution in [2.75, 3.05) is 40.9 Å². The van der Waals surface area contributed by atoms with E-state index in [1.54, 1.807) is 26.0 Å². The van der Waals surface area contributed by atoms with Crippen molar-refractivity contribution in [2.45, 2.75) is 32.0 Å². The number of ether oxygens (including phenoxy) is 2. The van der Waals surface area contributed by atoms with E-state index in [0.717, 1.165) is 29.9 Å². The SMILES string of the molecule is CN=C(NCc1ccc(C)cc1OC1CCOC1)NCC(c1c(F)cccc1F)N(C)C.I. The molecule has 1 saturated heterocycles. The Kier molecular flexibility index (Phi) is 10.8. The maximum Gasteiger partial charge on any atom is 0.191 e. The van der Waals surface area contributed by atoms with Crippen molar-refractivity contribution in [1.29, 1.82) is 0 Å². The minimum atomic E-state index is -0.564. The summed E-state index contributed by atoms with van der Waals surface area (Å²) in [4.78, 5) is 6.03. The summed E-state index contributed by atoms with van der Waals surface area (Å²) < 4.78 is 40.2. The Labute approximate surface area is 211 Å². The van der Waals surface area contributed by atoms with Gasteiger partial charge in [0, 0.05) is 37.7 Å². The van der Waals surface area contributed by atoms with Crippen LogP contribution in [0.15, 0.2) is 41.4 Å². The van der Waals surface area contributed by atoms with Crippen molar-refractivity contribution in [1.82, 2.24) is 15.5 Å². The molecule has 1 fully saturated rings. The zero-order valence-corrected chi connectivity index (χ0v) is 21.9. The number of nitrogens with one attached hydrogen (secondary N) is 2. The van der Waals surface area contributed by atoms with Gasteiger partial charge in [-0.05, 0) is 44.8 Å². The zero-order valence-electron chi connectivity index (χ0n) is 19.5. The van der Waals surface area contributed by atoms with Gasteiger partial charge < -0.3 is 25.0 Å². The second kappa shape index (κ2) is 13.0. The Morgan fingerprint density at radius 2 is 1.94 bits per heavy atom. The number of halogens is 3. The zero-order chi connectivity index (χ0) is 23.1. The average Bonchev–Trinajstić information content (AvgIpc) is 3.26. The van der Waals surface area contributed by atoms with E-state index in [9.17, 15) is 8.78 Å². The molecule has 0 radical (unpaired) electrons. The van der Waals surface area contributed by atoms with E-state index in [4.69, 9.17) is 9.47 Å². The van der Waals surface area contributed by atoms with Gasteiger partial charge in [0.05, 0.1) is 19.3 Å². The molecular weight excluding hydrogens is 541 g/mol. The molecule has 9 heteroatoms. The molecule has 0 saturated carbocycles. The molecular formula is C24H33F2IN4O2. The van der Waals surface area contributed by atoms with E-state index in [2.05, 4.69) is 15.6 Å². The lowest BCUT2D eigenvalue weighted by atomic mass is 10.0. The molecule has 3 rings (SSSR count). The van der Waals surface area contributed by atoms with Gasteiger partial charge in [-0.2, -0.15) is 0 Å². The van der Waals surface area contributed by atoms with Gasteiger partial charge in [-0.3, -0.25) is 4.99 Å². The number of rotatable bonds is 8. The van der Waals surface area contributed by atoms with Crippen molar-refractivity contribution >= 4 is 29.9 Å². The third-order valence-corrected chi connectivity index (χ3v) is 5.49. The highest BCUT2D eigenvalue weighted by Crippen LogP contribution is 2.25. The van der Waals surface area contributed by atoms with E-state index in [0.29, 0.717) is 19.1 Å². The predicted molar refractivity (Wildman–Crippen MR) is 137 cm³/mol. The first kappa shape index (κ1) is 27.3. The summed E-state index contributed by atoms with van der Waals surface area (Å²) in [5, 5.41) is 6.45. The molecule has 33 heavy (non-hydrogen) atoms. The summed E-state index contributed by atoms with van der Waals surface area (Å²) >= 11 is 0.